The van der Waals surface area contributed by atoms with Gasteiger partial charge in [0.1, 0.15) is 5.54 Å². The van der Waals surface area contributed by atoms with E-state index in [0.29, 0.717) is 18.9 Å². The fourth-order valence-electron chi connectivity index (χ4n) is 2.17. The van der Waals surface area contributed by atoms with Crippen LogP contribution in [0, 0.1) is 17.2 Å². The van der Waals surface area contributed by atoms with Gasteiger partial charge in [-0.3, -0.25) is 5.32 Å². The molecule has 0 saturated heterocycles. The van der Waals surface area contributed by atoms with Crippen molar-refractivity contribution in [3.05, 3.63) is 35.9 Å². The van der Waals surface area contributed by atoms with Gasteiger partial charge in [0.25, 0.3) is 0 Å². The minimum Gasteiger partial charge on any atom is -0.381 e. The Hall–Kier alpha value is -1.37. The van der Waals surface area contributed by atoms with Crippen LogP contribution < -0.4 is 5.32 Å². The summed E-state index contributed by atoms with van der Waals surface area (Å²) in [6, 6.07) is 12.4. The van der Waals surface area contributed by atoms with Gasteiger partial charge in [-0.25, -0.2) is 0 Å². The average molecular weight is 274 g/mol. The van der Waals surface area contributed by atoms with Crippen LogP contribution in [-0.4, -0.2) is 19.8 Å². The zero-order valence-corrected chi connectivity index (χ0v) is 12.9. The molecular weight excluding hydrogens is 248 g/mol. The number of nitrogens with zero attached hydrogens (tertiary/aromatic N) is 1. The summed E-state index contributed by atoms with van der Waals surface area (Å²) in [5, 5.41) is 13.0. The van der Waals surface area contributed by atoms with E-state index in [1.54, 1.807) is 0 Å². The molecule has 3 nitrogen and oxygen atoms in total. The van der Waals surface area contributed by atoms with Crippen molar-refractivity contribution in [2.24, 2.45) is 5.92 Å². The van der Waals surface area contributed by atoms with Gasteiger partial charge >= 0.3 is 0 Å². The van der Waals surface area contributed by atoms with Crippen molar-refractivity contribution < 1.29 is 4.74 Å². The number of nitriles is 1. The van der Waals surface area contributed by atoms with Crippen molar-refractivity contribution in [1.29, 1.82) is 5.26 Å². The topological polar surface area (TPSA) is 45.0 Å². The zero-order valence-electron chi connectivity index (χ0n) is 12.9. The minimum atomic E-state index is -0.645. The lowest BCUT2D eigenvalue weighted by molar-refractivity contribution is 0.107. The predicted octanol–water partition coefficient (Wildman–Crippen LogP) is 3.47. The van der Waals surface area contributed by atoms with Crippen molar-refractivity contribution in [3.8, 4) is 6.07 Å². The summed E-state index contributed by atoms with van der Waals surface area (Å²) in [5.41, 5.74) is 0.366. The Kier molecular flexibility index (Phi) is 7.28. The highest BCUT2D eigenvalue weighted by Gasteiger charge is 2.30. The molecule has 0 aliphatic heterocycles. The third kappa shape index (κ3) is 4.96. The van der Waals surface area contributed by atoms with E-state index in [0.717, 1.165) is 25.1 Å². The lowest BCUT2D eigenvalue weighted by Gasteiger charge is -2.28. The van der Waals surface area contributed by atoms with Gasteiger partial charge in [-0.2, -0.15) is 5.26 Å². The first-order valence-corrected chi connectivity index (χ1v) is 7.44. The molecule has 0 heterocycles. The first-order valence-electron chi connectivity index (χ1n) is 7.44. The fourth-order valence-corrected chi connectivity index (χ4v) is 2.17. The standard InChI is InChI=1S/C17H26N2O/c1-4-19-17(14-18,16-8-6-5-7-9-16)11-13-20-12-10-15(2)3/h5-9,15,19H,4,10-13H2,1-3H3. The molecule has 3 heteroatoms. The smallest absolute Gasteiger partial charge is 0.134 e. The van der Waals surface area contributed by atoms with Crippen LogP contribution in [0.2, 0.25) is 0 Å². The summed E-state index contributed by atoms with van der Waals surface area (Å²) in [7, 11) is 0. The molecule has 1 aromatic rings. The van der Waals surface area contributed by atoms with Crippen molar-refractivity contribution in [3.63, 3.8) is 0 Å². The predicted molar refractivity (Wildman–Crippen MR) is 82.3 cm³/mol. The Bertz CT molecular complexity index is 411. The normalized spacial score (nSPS) is 13.9. The van der Waals surface area contributed by atoms with Crippen molar-refractivity contribution >= 4 is 0 Å². The molecule has 0 aromatic heterocycles. The van der Waals surface area contributed by atoms with Crippen molar-refractivity contribution in [2.75, 3.05) is 19.8 Å². The second-order valence-electron chi connectivity index (χ2n) is 5.46. The Labute approximate surface area is 123 Å². The van der Waals surface area contributed by atoms with E-state index in [1.165, 1.54) is 0 Å². The van der Waals surface area contributed by atoms with Crippen LogP contribution >= 0.6 is 0 Å². The number of hydrogen-bond donors (Lipinski definition) is 1. The van der Waals surface area contributed by atoms with Crippen molar-refractivity contribution in [2.45, 2.75) is 39.2 Å². The SMILES string of the molecule is CCNC(C#N)(CCOCCC(C)C)c1ccccc1. The first-order chi connectivity index (χ1) is 9.64. The monoisotopic (exact) mass is 274 g/mol. The van der Waals surface area contributed by atoms with Gasteiger partial charge in [0, 0.05) is 19.6 Å². The number of hydrogen-bond acceptors (Lipinski definition) is 3. The molecular formula is C17H26N2O. The van der Waals surface area contributed by atoms with Crippen LogP contribution in [0.1, 0.15) is 39.2 Å². The Morgan fingerprint density at radius 1 is 1.25 bits per heavy atom. The largest absolute Gasteiger partial charge is 0.381 e. The lowest BCUT2D eigenvalue weighted by atomic mass is 9.88. The molecule has 0 saturated carbocycles. The molecule has 0 aliphatic rings. The summed E-state index contributed by atoms with van der Waals surface area (Å²) in [4.78, 5) is 0. The van der Waals surface area contributed by atoms with E-state index < -0.39 is 5.54 Å². The van der Waals surface area contributed by atoms with Crippen LogP contribution in [-0.2, 0) is 10.3 Å². The maximum Gasteiger partial charge on any atom is 0.134 e. The number of benzene rings is 1. The summed E-state index contributed by atoms with van der Waals surface area (Å²) in [6.07, 6.45) is 1.73. The highest BCUT2D eigenvalue weighted by molar-refractivity contribution is 5.31. The average Bonchev–Trinajstić information content (AvgIpc) is 2.46. The summed E-state index contributed by atoms with van der Waals surface area (Å²) in [6.45, 7) is 8.52. The van der Waals surface area contributed by atoms with Crippen LogP contribution in [0.4, 0.5) is 0 Å². The molecule has 110 valence electrons. The molecule has 0 amide bonds. The summed E-state index contributed by atoms with van der Waals surface area (Å²) < 4.78 is 5.68. The van der Waals surface area contributed by atoms with Crippen molar-refractivity contribution in [1.82, 2.24) is 5.32 Å². The highest BCUT2D eigenvalue weighted by Crippen LogP contribution is 2.24. The van der Waals surface area contributed by atoms with E-state index in [-0.39, 0.29) is 0 Å². The van der Waals surface area contributed by atoms with Crippen LogP contribution in [0.15, 0.2) is 30.3 Å². The molecule has 0 fully saturated rings. The Morgan fingerprint density at radius 2 is 1.95 bits per heavy atom. The Balaban J connectivity index is 2.63. The van der Waals surface area contributed by atoms with Crippen LogP contribution in [0.5, 0.6) is 0 Å². The van der Waals surface area contributed by atoms with Gasteiger partial charge in [-0.05, 0) is 24.4 Å². The summed E-state index contributed by atoms with van der Waals surface area (Å²) in [5.74, 6) is 0.651. The molecule has 0 radical (unpaired) electrons. The van der Waals surface area contributed by atoms with Gasteiger partial charge in [-0.15, -0.1) is 0 Å². The van der Waals surface area contributed by atoms with E-state index in [1.807, 2.05) is 37.3 Å². The lowest BCUT2D eigenvalue weighted by Crippen LogP contribution is -2.42. The molecule has 1 atom stereocenters. The highest BCUT2D eigenvalue weighted by atomic mass is 16.5. The third-order valence-corrected chi connectivity index (χ3v) is 3.40. The maximum absolute atomic E-state index is 9.64. The quantitative estimate of drug-likeness (QED) is 0.701. The molecule has 20 heavy (non-hydrogen) atoms. The molecule has 1 N–H and O–H groups in total. The molecule has 0 aliphatic carbocycles. The molecule has 0 bridgehead atoms. The Morgan fingerprint density at radius 3 is 2.50 bits per heavy atom. The van der Waals surface area contributed by atoms with Gasteiger partial charge < -0.3 is 4.74 Å². The van der Waals surface area contributed by atoms with E-state index in [2.05, 4.69) is 25.2 Å². The first kappa shape index (κ1) is 16.7. The molecule has 1 unspecified atom stereocenters. The maximum atomic E-state index is 9.64. The fraction of sp³-hybridized carbons (Fsp3) is 0.588. The molecule has 1 rings (SSSR count). The third-order valence-electron chi connectivity index (χ3n) is 3.40. The van der Waals surface area contributed by atoms with E-state index in [4.69, 9.17) is 4.74 Å². The molecule has 0 spiro atoms. The minimum absolute atomic E-state index is 0.599. The number of rotatable bonds is 9. The summed E-state index contributed by atoms with van der Waals surface area (Å²) >= 11 is 0. The van der Waals surface area contributed by atoms with Crippen LogP contribution in [0.3, 0.4) is 0 Å². The van der Waals surface area contributed by atoms with E-state index >= 15 is 0 Å². The van der Waals surface area contributed by atoms with Crippen LogP contribution in [0.25, 0.3) is 0 Å². The zero-order chi connectivity index (χ0) is 14.8. The van der Waals surface area contributed by atoms with Gasteiger partial charge in [0.05, 0.1) is 6.07 Å². The molecule has 1 aromatic carbocycles. The number of nitrogens with one attached hydrogen (secondary N) is 1. The number of ether oxygens (including phenoxy) is 1. The van der Waals surface area contributed by atoms with Gasteiger partial charge in [-0.1, -0.05) is 51.1 Å². The van der Waals surface area contributed by atoms with Gasteiger partial charge in [0.15, 0.2) is 0 Å². The second-order valence-corrected chi connectivity index (χ2v) is 5.46. The van der Waals surface area contributed by atoms with Gasteiger partial charge in [0.2, 0.25) is 0 Å². The van der Waals surface area contributed by atoms with E-state index in [9.17, 15) is 5.26 Å². The second kappa shape index (κ2) is 8.73.